The zero-order valence-corrected chi connectivity index (χ0v) is 18.4. The van der Waals surface area contributed by atoms with Crippen molar-refractivity contribution in [1.82, 2.24) is 15.2 Å². The monoisotopic (exact) mass is 457 g/mol. The van der Waals surface area contributed by atoms with Crippen molar-refractivity contribution >= 4 is 17.6 Å². The van der Waals surface area contributed by atoms with E-state index in [2.05, 4.69) is 15.6 Å². The first-order valence-corrected chi connectivity index (χ1v) is 11.3. The van der Waals surface area contributed by atoms with Crippen LogP contribution in [-0.2, 0) is 10.2 Å². The Balaban J connectivity index is 1.27. The van der Waals surface area contributed by atoms with Crippen LogP contribution >= 0.6 is 0 Å². The zero-order chi connectivity index (χ0) is 23.4. The number of likely N-dealkylation sites (tertiary alicyclic amines) is 1. The summed E-state index contributed by atoms with van der Waals surface area (Å²) in [4.78, 5) is 31.1. The fourth-order valence-corrected chi connectivity index (χ4v) is 4.69. The van der Waals surface area contributed by atoms with E-state index in [9.17, 15) is 18.4 Å². The summed E-state index contributed by atoms with van der Waals surface area (Å²) >= 11 is 0. The number of piperidine rings is 1. The van der Waals surface area contributed by atoms with Crippen molar-refractivity contribution in [3.63, 3.8) is 0 Å². The second kappa shape index (κ2) is 9.82. The standard InChI is InChI=1S/C24H29F2N5O2/c25-19-3-2-17(14-20(19)26)24(8-1-9-24)22(32)29-15-21(27)16-6-12-31(13-7-16)23(33)30-18-4-10-28-11-5-18/h2-5,10-11,14,16,21H,1,6-9,12-13,15,27H2,(H,29,32)(H,28,30,33). The molecule has 1 saturated heterocycles. The molecule has 2 heterocycles. The first-order chi connectivity index (χ1) is 15.9. The normalized spacial score (nSPS) is 18.8. The van der Waals surface area contributed by atoms with Gasteiger partial charge in [0.25, 0.3) is 0 Å². The number of nitrogens with one attached hydrogen (secondary N) is 2. The Morgan fingerprint density at radius 2 is 1.82 bits per heavy atom. The van der Waals surface area contributed by atoms with Gasteiger partial charge in [-0.15, -0.1) is 0 Å². The number of anilines is 1. The number of pyridine rings is 1. The molecule has 0 bridgehead atoms. The number of rotatable bonds is 6. The molecule has 1 aliphatic carbocycles. The van der Waals surface area contributed by atoms with Gasteiger partial charge in [-0.25, -0.2) is 13.6 Å². The summed E-state index contributed by atoms with van der Waals surface area (Å²) in [6.45, 7) is 1.47. The van der Waals surface area contributed by atoms with Gasteiger partial charge in [0.15, 0.2) is 11.6 Å². The third-order valence-electron chi connectivity index (χ3n) is 6.98. The molecule has 9 heteroatoms. The van der Waals surface area contributed by atoms with Crippen LogP contribution in [0.4, 0.5) is 19.3 Å². The lowest BCUT2D eigenvalue weighted by atomic mass is 9.63. The molecule has 1 aromatic heterocycles. The SMILES string of the molecule is NC(CNC(=O)C1(c2ccc(F)c(F)c2)CCC1)C1CCN(C(=O)Nc2ccncc2)CC1. The van der Waals surface area contributed by atoms with Crippen LogP contribution in [-0.4, -0.2) is 47.5 Å². The molecular formula is C24H29F2N5O2. The summed E-state index contributed by atoms with van der Waals surface area (Å²) in [6.07, 6.45) is 6.79. The molecule has 1 aliphatic heterocycles. The Morgan fingerprint density at radius 3 is 2.42 bits per heavy atom. The Kier molecular flexibility index (Phi) is 6.88. The van der Waals surface area contributed by atoms with Crippen LogP contribution in [0, 0.1) is 17.6 Å². The Labute approximate surface area is 191 Å². The maximum Gasteiger partial charge on any atom is 0.321 e. The average molecular weight is 458 g/mol. The van der Waals surface area contributed by atoms with Gasteiger partial charge >= 0.3 is 6.03 Å². The lowest BCUT2D eigenvalue weighted by molar-refractivity contribution is -0.130. The number of nitrogens with two attached hydrogens (primary N) is 1. The smallest absolute Gasteiger partial charge is 0.321 e. The van der Waals surface area contributed by atoms with Gasteiger partial charge in [0.2, 0.25) is 5.91 Å². The first kappa shape index (κ1) is 23.1. The number of hydrogen-bond donors (Lipinski definition) is 3. The van der Waals surface area contributed by atoms with Gasteiger partial charge in [-0.3, -0.25) is 9.78 Å². The van der Waals surface area contributed by atoms with Gasteiger partial charge in [-0.2, -0.15) is 0 Å². The Hall–Kier alpha value is -3.07. The molecule has 7 nitrogen and oxygen atoms in total. The van der Waals surface area contributed by atoms with Gasteiger partial charge in [0.05, 0.1) is 5.41 Å². The number of amides is 3. The van der Waals surface area contributed by atoms with Crippen LogP contribution in [0.5, 0.6) is 0 Å². The van der Waals surface area contributed by atoms with E-state index in [1.54, 1.807) is 29.4 Å². The summed E-state index contributed by atoms with van der Waals surface area (Å²) in [5.74, 6) is -1.88. The highest BCUT2D eigenvalue weighted by atomic mass is 19.2. The molecule has 4 rings (SSSR count). The molecule has 0 radical (unpaired) electrons. The number of hydrogen-bond acceptors (Lipinski definition) is 4. The van der Waals surface area contributed by atoms with E-state index in [0.717, 1.165) is 31.4 Å². The van der Waals surface area contributed by atoms with E-state index >= 15 is 0 Å². The van der Waals surface area contributed by atoms with E-state index in [4.69, 9.17) is 5.73 Å². The average Bonchev–Trinajstić information content (AvgIpc) is 2.80. The van der Waals surface area contributed by atoms with Crippen molar-refractivity contribution in [2.24, 2.45) is 11.7 Å². The Morgan fingerprint density at radius 1 is 1.12 bits per heavy atom. The molecular weight excluding hydrogens is 428 g/mol. The van der Waals surface area contributed by atoms with Crippen LogP contribution in [0.2, 0.25) is 0 Å². The second-order valence-electron chi connectivity index (χ2n) is 8.93. The van der Waals surface area contributed by atoms with Gasteiger partial charge in [0.1, 0.15) is 0 Å². The van der Waals surface area contributed by atoms with Gasteiger partial charge in [0, 0.05) is 43.8 Å². The van der Waals surface area contributed by atoms with Crippen LogP contribution in [0.3, 0.4) is 0 Å². The van der Waals surface area contributed by atoms with Crippen molar-refractivity contribution in [2.75, 3.05) is 25.0 Å². The molecule has 2 fully saturated rings. The van der Waals surface area contributed by atoms with Gasteiger partial charge in [-0.1, -0.05) is 12.5 Å². The van der Waals surface area contributed by atoms with E-state index in [0.29, 0.717) is 43.7 Å². The van der Waals surface area contributed by atoms with Crippen molar-refractivity contribution < 1.29 is 18.4 Å². The minimum Gasteiger partial charge on any atom is -0.354 e. The number of carbonyl (C=O) groups is 2. The van der Waals surface area contributed by atoms with Crippen molar-refractivity contribution in [3.05, 3.63) is 59.9 Å². The predicted molar refractivity (Wildman–Crippen MR) is 120 cm³/mol. The summed E-state index contributed by atoms with van der Waals surface area (Å²) < 4.78 is 27.1. The highest BCUT2D eigenvalue weighted by Gasteiger charge is 2.46. The van der Waals surface area contributed by atoms with Crippen molar-refractivity contribution in [2.45, 2.75) is 43.6 Å². The Bertz CT molecular complexity index is 992. The van der Waals surface area contributed by atoms with E-state index < -0.39 is 17.0 Å². The number of nitrogens with zero attached hydrogens (tertiary/aromatic N) is 2. The van der Waals surface area contributed by atoms with E-state index in [1.807, 2.05) is 0 Å². The summed E-state index contributed by atoms with van der Waals surface area (Å²) in [5.41, 5.74) is 6.76. The van der Waals surface area contributed by atoms with E-state index in [1.165, 1.54) is 6.07 Å². The van der Waals surface area contributed by atoms with Crippen LogP contribution in [0.15, 0.2) is 42.7 Å². The van der Waals surface area contributed by atoms with Gasteiger partial charge in [-0.05, 0) is 61.4 Å². The second-order valence-corrected chi connectivity index (χ2v) is 8.93. The molecule has 3 amide bonds. The summed E-state index contributed by atoms with van der Waals surface area (Å²) in [5, 5.41) is 5.80. The lowest BCUT2D eigenvalue weighted by Crippen LogP contribution is -2.53. The van der Waals surface area contributed by atoms with Crippen molar-refractivity contribution in [3.8, 4) is 0 Å². The number of aromatic nitrogens is 1. The molecule has 2 aromatic rings. The van der Waals surface area contributed by atoms with E-state index in [-0.39, 0.29) is 23.9 Å². The lowest BCUT2D eigenvalue weighted by Gasteiger charge is -2.41. The predicted octanol–water partition coefficient (Wildman–Crippen LogP) is 3.17. The number of halogens is 2. The minimum absolute atomic E-state index is 0.153. The van der Waals surface area contributed by atoms with Gasteiger partial charge < -0.3 is 21.3 Å². The minimum atomic E-state index is -0.942. The highest BCUT2D eigenvalue weighted by Crippen LogP contribution is 2.44. The fraction of sp³-hybridized carbons (Fsp3) is 0.458. The molecule has 1 aromatic carbocycles. The molecule has 0 spiro atoms. The maximum atomic E-state index is 13.7. The molecule has 2 aliphatic rings. The topological polar surface area (TPSA) is 100 Å². The molecule has 1 unspecified atom stereocenters. The highest BCUT2D eigenvalue weighted by molar-refractivity contribution is 5.89. The summed E-state index contributed by atoms with van der Waals surface area (Å²) in [7, 11) is 0. The summed E-state index contributed by atoms with van der Waals surface area (Å²) in [6, 6.07) is 6.76. The third-order valence-corrected chi connectivity index (χ3v) is 6.98. The number of urea groups is 1. The van der Waals surface area contributed by atoms with Crippen molar-refractivity contribution in [1.29, 1.82) is 0 Å². The number of benzene rings is 1. The molecule has 176 valence electrons. The first-order valence-electron chi connectivity index (χ1n) is 11.3. The van der Waals surface area contributed by atoms with Crippen LogP contribution in [0.25, 0.3) is 0 Å². The van der Waals surface area contributed by atoms with Crippen LogP contribution < -0.4 is 16.4 Å². The number of carbonyl (C=O) groups excluding carboxylic acids is 2. The molecule has 33 heavy (non-hydrogen) atoms. The van der Waals surface area contributed by atoms with Crippen LogP contribution in [0.1, 0.15) is 37.7 Å². The molecule has 1 saturated carbocycles. The quantitative estimate of drug-likeness (QED) is 0.620. The molecule has 1 atom stereocenters. The fourth-order valence-electron chi connectivity index (χ4n) is 4.69. The maximum absolute atomic E-state index is 13.7. The largest absolute Gasteiger partial charge is 0.354 e. The zero-order valence-electron chi connectivity index (χ0n) is 18.4. The third kappa shape index (κ3) is 4.98. The molecule has 4 N–H and O–H groups in total.